The molecule has 0 aromatic heterocycles. The Kier molecular flexibility index (Phi) is 5.28. The Balaban J connectivity index is 3.38. The molecule has 0 aromatic rings. The Hall–Kier alpha value is -0.920. The predicted molar refractivity (Wildman–Crippen MR) is 41.4 cm³/mol. The van der Waals surface area contributed by atoms with Crippen LogP contribution in [0.25, 0.3) is 0 Å². The van der Waals surface area contributed by atoms with Gasteiger partial charge in [0.2, 0.25) is 10.4 Å². The molecule has 0 fully saturated rings. The van der Waals surface area contributed by atoms with E-state index in [2.05, 4.69) is 15.5 Å². The summed E-state index contributed by atoms with van der Waals surface area (Å²) in [5, 5.41) is 0. The Morgan fingerprint density at radius 2 is 2.08 bits per heavy atom. The number of ether oxygens (including phenoxy) is 1. The minimum Gasteiger partial charge on any atom is -0.726 e. The molecule has 0 saturated carbocycles. The molecular weight excluding hydrogens is 200 g/mol. The van der Waals surface area contributed by atoms with E-state index in [-0.39, 0.29) is 19.6 Å². The van der Waals surface area contributed by atoms with Crippen molar-refractivity contribution in [2.45, 2.75) is 6.42 Å². The van der Waals surface area contributed by atoms with Crippen molar-refractivity contribution in [1.82, 2.24) is 0 Å². The van der Waals surface area contributed by atoms with Gasteiger partial charge in [0.15, 0.2) is 0 Å². The van der Waals surface area contributed by atoms with Crippen molar-refractivity contribution in [2.75, 3.05) is 13.2 Å². The fraction of sp³-hybridized carbons (Fsp3) is 0.500. The molecular formula is C6H9O6S-. The van der Waals surface area contributed by atoms with Gasteiger partial charge in [-0.25, -0.2) is 13.2 Å². The van der Waals surface area contributed by atoms with Gasteiger partial charge in [-0.3, -0.25) is 4.18 Å². The Labute approximate surface area is 76.1 Å². The van der Waals surface area contributed by atoms with Crippen LogP contribution >= 0.6 is 0 Å². The average molecular weight is 209 g/mol. The predicted octanol–water partition coefficient (Wildman–Crippen LogP) is -0.417. The number of hydrogen-bond acceptors (Lipinski definition) is 6. The Bertz CT molecular complexity index is 267. The first-order valence-corrected chi connectivity index (χ1v) is 4.68. The SMILES string of the molecule is C=CC(=O)OCCCOS(=O)(=O)[O-]. The second-order valence-electron chi connectivity index (χ2n) is 1.96. The molecule has 0 aromatic carbocycles. The van der Waals surface area contributed by atoms with Crippen LogP contribution in [0.4, 0.5) is 0 Å². The fourth-order valence-corrected chi connectivity index (χ4v) is 0.774. The van der Waals surface area contributed by atoms with Crippen molar-refractivity contribution in [3.63, 3.8) is 0 Å². The molecule has 13 heavy (non-hydrogen) atoms. The highest BCUT2D eigenvalue weighted by atomic mass is 32.3. The molecule has 0 radical (unpaired) electrons. The van der Waals surface area contributed by atoms with Crippen LogP contribution in [-0.2, 0) is 24.1 Å². The quantitative estimate of drug-likeness (QED) is 0.194. The third-order valence-corrected chi connectivity index (χ3v) is 1.38. The summed E-state index contributed by atoms with van der Waals surface area (Å²) in [6.07, 6.45) is 1.12. The third kappa shape index (κ3) is 8.99. The van der Waals surface area contributed by atoms with Crippen molar-refractivity contribution in [3.05, 3.63) is 12.7 Å². The van der Waals surface area contributed by atoms with E-state index in [4.69, 9.17) is 0 Å². The van der Waals surface area contributed by atoms with E-state index >= 15 is 0 Å². The van der Waals surface area contributed by atoms with Gasteiger partial charge in [0.25, 0.3) is 0 Å². The maximum absolute atomic E-state index is 10.4. The number of esters is 1. The van der Waals surface area contributed by atoms with Gasteiger partial charge in [-0.1, -0.05) is 6.58 Å². The second kappa shape index (κ2) is 5.68. The van der Waals surface area contributed by atoms with Gasteiger partial charge in [-0.15, -0.1) is 0 Å². The third-order valence-electron chi connectivity index (χ3n) is 0.927. The minimum absolute atomic E-state index is 0.0135. The highest BCUT2D eigenvalue weighted by molar-refractivity contribution is 7.80. The van der Waals surface area contributed by atoms with Crippen LogP contribution < -0.4 is 0 Å². The summed E-state index contributed by atoms with van der Waals surface area (Å²) in [7, 11) is -4.64. The summed E-state index contributed by atoms with van der Waals surface area (Å²) in [5.41, 5.74) is 0. The highest BCUT2D eigenvalue weighted by Crippen LogP contribution is 1.90. The van der Waals surface area contributed by atoms with Crippen molar-refractivity contribution in [3.8, 4) is 0 Å². The van der Waals surface area contributed by atoms with E-state index in [0.29, 0.717) is 0 Å². The molecule has 0 bridgehead atoms. The molecule has 0 atom stereocenters. The fourth-order valence-electron chi connectivity index (χ4n) is 0.452. The number of carbonyl (C=O) groups excluding carboxylic acids is 1. The van der Waals surface area contributed by atoms with Crippen LogP contribution in [-0.4, -0.2) is 32.2 Å². The molecule has 0 aliphatic rings. The van der Waals surface area contributed by atoms with Gasteiger partial charge < -0.3 is 9.29 Å². The van der Waals surface area contributed by atoms with Gasteiger partial charge >= 0.3 is 5.97 Å². The summed E-state index contributed by atoms with van der Waals surface area (Å²) in [4.78, 5) is 10.4. The largest absolute Gasteiger partial charge is 0.726 e. The summed E-state index contributed by atoms with van der Waals surface area (Å²) >= 11 is 0. The van der Waals surface area contributed by atoms with Gasteiger partial charge in [0.1, 0.15) is 0 Å². The van der Waals surface area contributed by atoms with Gasteiger partial charge in [-0.05, 0) is 0 Å². The van der Waals surface area contributed by atoms with Crippen LogP contribution in [0, 0.1) is 0 Å². The molecule has 0 spiro atoms. The first-order chi connectivity index (χ1) is 5.95. The molecule has 0 aliphatic heterocycles. The van der Waals surface area contributed by atoms with Gasteiger partial charge in [0.05, 0.1) is 13.2 Å². The zero-order chi connectivity index (χ0) is 10.3. The summed E-state index contributed by atoms with van der Waals surface area (Å²) in [6.45, 7) is 2.84. The monoisotopic (exact) mass is 209 g/mol. The zero-order valence-corrected chi connectivity index (χ0v) is 7.58. The van der Waals surface area contributed by atoms with Crippen LogP contribution in [0.15, 0.2) is 12.7 Å². The molecule has 0 amide bonds. The van der Waals surface area contributed by atoms with E-state index in [1.807, 2.05) is 0 Å². The molecule has 0 rings (SSSR count). The molecule has 0 saturated heterocycles. The van der Waals surface area contributed by atoms with Crippen LogP contribution in [0.2, 0.25) is 0 Å². The topological polar surface area (TPSA) is 92.7 Å². The normalized spacial score (nSPS) is 10.8. The first kappa shape index (κ1) is 12.1. The molecule has 0 N–H and O–H groups in total. The van der Waals surface area contributed by atoms with Crippen LogP contribution in [0.1, 0.15) is 6.42 Å². The molecule has 6 nitrogen and oxygen atoms in total. The Morgan fingerprint density at radius 1 is 1.46 bits per heavy atom. The standard InChI is InChI=1S/C6H10O6S/c1-2-6(7)11-4-3-5-12-13(8,9)10/h2H,1,3-5H2,(H,8,9,10)/p-1. The zero-order valence-electron chi connectivity index (χ0n) is 6.76. The minimum atomic E-state index is -4.64. The summed E-state index contributed by atoms with van der Waals surface area (Å²) < 4.78 is 38.0. The second-order valence-corrected chi connectivity index (χ2v) is 3.01. The number of hydrogen-bond donors (Lipinski definition) is 0. The van der Waals surface area contributed by atoms with E-state index in [9.17, 15) is 17.8 Å². The smallest absolute Gasteiger partial charge is 0.330 e. The van der Waals surface area contributed by atoms with E-state index in [1.165, 1.54) is 0 Å². The van der Waals surface area contributed by atoms with Gasteiger partial charge in [-0.2, -0.15) is 0 Å². The molecule has 7 heteroatoms. The first-order valence-electron chi connectivity index (χ1n) is 3.35. The van der Waals surface area contributed by atoms with E-state index in [1.54, 1.807) is 0 Å². The van der Waals surface area contributed by atoms with E-state index < -0.39 is 16.4 Å². The van der Waals surface area contributed by atoms with Crippen molar-refractivity contribution in [2.24, 2.45) is 0 Å². The summed E-state index contributed by atoms with van der Waals surface area (Å²) in [6, 6.07) is 0. The van der Waals surface area contributed by atoms with Crippen molar-refractivity contribution >= 4 is 16.4 Å². The van der Waals surface area contributed by atoms with E-state index in [0.717, 1.165) is 6.08 Å². The maximum Gasteiger partial charge on any atom is 0.330 e. The molecule has 0 unspecified atom stereocenters. The number of carbonyl (C=O) groups is 1. The lowest BCUT2D eigenvalue weighted by Crippen LogP contribution is -2.09. The molecule has 76 valence electrons. The maximum atomic E-state index is 10.4. The lowest BCUT2D eigenvalue weighted by Gasteiger charge is -2.06. The average Bonchev–Trinajstić information content (AvgIpc) is 2.01. The molecule has 0 aliphatic carbocycles. The lowest BCUT2D eigenvalue weighted by atomic mass is 10.5. The lowest BCUT2D eigenvalue weighted by molar-refractivity contribution is -0.137. The van der Waals surface area contributed by atoms with Crippen LogP contribution in [0.5, 0.6) is 0 Å². The molecule has 0 heterocycles. The Morgan fingerprint density at radius 3 is 2.54 bits per heavy atom. The van der Waals surface area contributed by atoms with Gasteiger partial charge in [0, 0.05) is 12.5 Å². The van der Waals surface area contributed by atoms with Crippen molar-refractivity contribution < 1.29 is 26.7 Å². The van der Waals surface area contributed by atoms with Crippen molar-refractivity contribution in [1.29, 1.82) is 0 Å². The highest BCUT2D eigenvalue weighted by Gasteiger charge is 1.97. The number of rotatable bonds is 6. The van der Waals surface area contributed by atoms with Crippen LogP contribution in [0.3, 0.4) is 0 Å². The summed E-state index contributed by atoms with van der Waals surface area (Å²) in [5.74, 6) is -0.606.